The Hall–Kier alpha value is -3.20. The highest BCUT2D eigenvalue weighted by Crippen LogP contribution is 2.33. The number of rotatable bonds is 2. The van der Waals surface area contributed by atoms with E-state index in [1.165, 1.54) is 23.1 Å². The minimum Gasteiger partial charge on any atom is -0.324 e. The van der Waals surface area contributed by atoms with E-state index in [1.807, 2.05) is 0 Å². The van der Waals surface area contributed by atoms with Crippen LogP contribution in [-0.2, 0) is 19.6 Å². The van der Waals surface area contributed by atoms with Crippen molar-refractivity contribution in [3.8, 4) is 0 Å². The van der Waals surface area contributed by atoms with E-state index in [0.29, 0.717) is 15.7 Å². The smallest absolute Gasteiger partial charge is 0.269 e. The minimum absolute atomic E-state index is 0.0523. The Bertz CT molecular complexity index is 1110. The molecule has 1 N–H and O–H groups in total. The number of amides is 3. The number of nitrogens with zero attached hydrogens (tertiary/aromatic N) is 2. The maximum atomic E-state index is 13.1. The molecule has 1 atom stereocenters. The molecule has 2 aromatic rings. The number of carbonyl (C=O) groups is 3. The first-order chi connectivity index (χ1) is 13.3. The van der Waals surface area contributed by atoms with Crippen LogP contribution >= 0.6 is 0 Å². The monoisotopic (exact) mass is 399 g/mol. The van der Waals surface area contributed by atoms with Crippen LogP contribution in [0.5, 0.6) is 0 Å². The highest BCUT2D eigenvalue weighted by atomic mass is 32.2. The standard InChI is InChI=1S/C19H17N3O5S/c1-12-10-17(23)20-14-7-3-4-8-15(14)22(12)18(24)11-21-19(25)13-6-2-5-9-16(13)28(21,26)27/h2-9,12H,10-11H2,1H3,(H,20,23)/t12-/m0/s1. The number of hydrogen-bond acceptors (Lipinski definition) is 5. The van der Waals surface area contributed by atoms with E-state index in [0.717, 1.165) is 0 Å². The number of sulfonamides is 1. The van der Waals surface area contributed by atoms with Crippen LogP contribution in [0, 0.1) is 0 Å². The maximum Gasteiger partial charge on any atom is 0.269 e. The highest BCUT2D eigenvalue weighted by Gasteiger charge is 2.43. The Morgan fingerprint density at radius 3 is 2.54 bits per heavy atom. The number of fused-ring (bicyclic) bond motifs is 2. The molecular formula is C19H17N3O5S. The summed E-state index contributed by atoms with van der Waals surface area (Å²) >= 11 is 0. The van der Waals surface area contributed by atoms with Crippen molar-refractivity contribution < 1.29 is 22.8 Å². The molecule has 0 aliphatic carbocycles. The third-order valence-electron chi connectivity index (χ3n) is 4.82. The van der Waals surface area contributed by atoms with Crippen molar-refractivity contribution in [3.05, 3.63) is 54.1 Å². The predicted molar refractivity (Wildman–Crippen MR) is 101 cm³/mol. The van der Waals surface area contributed by atoms with Crippen molar-refractivity contribution in [1.29, 1.82) is 0 Å². The Kier molecular flexibility index (Phi) is 4.19. The third kappa shape index (κ3) is 2.75. The molecular weight excluding hydrogens is 382 g/mol. The molecule has 0 saturated carbocycles. The number of anilines is 2. The fraction of sp³-hybridized carbons (Fsp3) is 0.211. The molecule has 0 unspecified atom stereocenters. The molecule has 2 aromatic carbocycles. The van der Waals surface area contributed by atoms with E-state index < -0.39 is 34.4 Å². The fourth-order valence-corrected chi connectivity index (χ4v) is 5.07. The summed E-state index contributed by atoms with van der Waals surface area (Å²) in [5.41, 5.74) is 0.980. The molecule has 0 saturated heterocycles. The van der Waals surface area contributed by atoms with Gasteiger partial charge in [-0.2, -0.15) is 0 Å². The fourth-order valence-electron chi connectivity index (χ4n) is 3.55. The van der Waals surface area contributed by atoms with Gasteiger partial charge in [0, 0.05) is 12.5 Å². The van der Waals surface area contributed by atoms with E-state index in [2.05, 4.69) is 5.32 Å². The number of nitrogens with one attached hydrogen (secondary N) is 1. The summed E-state index contributed by atoms with van der Waals surface area (Å²) in [6, 6.07) is 12.1. The van der Waals surface area contributed by atoms with Crippen molar-refractivity contribution in [3.63, 3.8) is 0 Å². The lowest BCUT2D eigenvalue weighted by atomic mass is 10.1. The van der Waals surface area contributed by atoms with Gasteiger partial charge in [-0.1, -0.05) is 24.3 Å². The van der Waals surface area contributed by atoms with Gasteiger partial charge in [-0.15, -0.1) is 0 Å². The number of hydrogen-bond donors (Lipinski definition) is 1. The van der Waals surface area contributed by atoms with Crippen LogP contribution < -0.4 is 10.2 Å². The van der Waals surface area contributed by atoms with Gasteiger partial charge in [-0.05, 0) is 31.2 Å². The third-order valence-corrected chi connectivity index (χ3v) is 6.61. The summed E-state index contributed by atoms with van der Waals surface area (Å²) in [5.74, 6) is -1.55. The zero-order valence-corrected chi connectivity index (χ0v) is 15.8. The average molecular weight is 399 g/mol. The number of carbonyl (C=O) groups excluding carboxylic acids is 3. The number of benzene rings is 2. The van der Waals surface area contributed by atoms with Crippen LogP contribution in [-0.4, -0.2) is 43.0 Å². The van der Waals surface area contributed by atoms with Crippen LogP contribution in [0.4, 0.5) is 11.4 Å². The predicted octanol–water partition coefficient (Wildman–Crippen LogP) is 1.59. The molecule has 2 aliphatic heterocycles. The molecule has 0 fully saturated rings. The first kappa shape index (κ1) is 18.2. The van der Waals surface area contributed by atoms with Crippen LogP contribution in [0.1, 0.15) is 23.7 Å². The van der Waals surface area contributed by atoms with Gasteiger partial charge in [0.05, 0.1) is 16.9 Å². The lowest BCUT2D eigenvalue weighted by Gasteiger charge is -2.29. The Labute approximate surface area is 161 Å². The second kappa shape index (κ2) is 6.45. The van der Waals surface area contributed by atoms with Gasteiger partial charge in [0.1, 0.15) is 11.4 Å². The summed E-state index contributed by atoms with van der Waals surface area (Å²) < 4.78 is 26.0. The molecule has 144 valence electrons. The van der Waals surface area contributed by atoms with Gasteiger partial charge in [0.25, 0.3) is 15.9 Å². The van der Waals surface area contributed by atoms with E-state index in [1.54, 1.807) is 37.3 Å². The van der Waals surface area contributed by atoms with E-state index in [-0.39, 0.29) is 22.8 Å². The van der Waals surface area contributed by atoms with Crippen molar-refractivity contribution in [1.82, 2.24) is 4.31 Å². The quantitative estimate of drug-likeness (QED) is 0.826. The van der Waals surface area contributed by atoms with Crippen molar-refractivity contribution >= 4 is 39.1 Å². The van der Waals surface area contributed by atoms with Gasteiger partial charge < -0.3 is 10.2 Å². The molecule has 0 radical (unpaired) electrons. The van der Waals surface area contributed by atoms with Crippen molar-refractivity contribution in [2.24, 2.45) is 0 Å². The van der Waals surface area contributed by atoms with E-state index >= 15 is 0 Å². The Morgan fingerprint density at radius 2 is 1.79 bits per heavy atom. The SMILES string of the molecule is C[C@H]1CC(=O)Nc2ccccc2N1C(=O)CN1C(=O)c2ccccc2S1(=O)=O. The molecule has 9 heteroatoms. The van der Waals surface area contributed by atoms with Gasteiger partial charge >= 0.3 is 0 Å². The molecule has 2 heterocycles. The Morgan fingerprint density at radius 1 is 1.11 bits per heavy atom. The van der Waals surface area contributed by atoms with Crippen molar-refractivity contribution in [2.45, 2.75) is 24.3 Å². The number of para-hydroxylation sites is 2. The largest absolute Gasteiger partial charge is 0.324 e. The second-order valence-electron chi connectivity index (χ2n) is 6.70. The van der Waals surface area contributed by atoms with Crippen LogP contribution in [0.2, 0.25) is 0 Å². The van der Waals surface area contributed by atoms with Crippen LogP contribution in [0.25, 0.3) is 0 Å². The van der Waals surface area contributed by atoms with Gasteiger partial charge in [-0.25, -0.2) is 12.7 Å². The lowest BCUT2D eigenvalue weighted by molar-refractivity contribution is -0.119. The molecule has 0 spiro atoms. The van der Waals surface area contributed by atoms with E-state index in [4.69, 9.17) is 0 Å². The molecule has 8 nitrogen and oxygen atoms in total. The van der Waals surface area contributed by atoms with Crippen molar-refractivity contribution in [2.75, 3.05) is 16.8 Å². The zero-order chi connectivity index (χ0) is 20.1. The molecule has 28 heavy (non-hydrogen) atoms. The van der Waals surface area contributed by atoms with Gasteiger partial charge in [0.2, 0.25) is 11.8 Å². The summed E-state index contributed by atoms with van der Waals surface area (Å²) in [5, 5.41) is 2.74. The van der Waals surface area contributed by atoms with Crippen LogP contribution in [0.15, 0.2) is 53.4 Å². The average Bonchev–Trinajstić information content (AvgIpc) is 2.76. The summed E-state index contributed by atoms with van der Waals surface area (Å²) in [6.45, 7) is 1.07. The van der Waals surface area contributed by atoms with Crippen LogP contribution in [0.3, 0.4) is 0 Å². The lowest BCUT2D eigenvalue weighted by Crippen LogP contribution is -2.46. The van der Waals surface area contributed by atoms with Gasteiger partial charge in [-0.3, -0.25) is 14.4 Å². The molecule has 3 amide bonds. The van der Waals surface area contributed by atoms with E-state index in [9.17, 15) is 22.8 Å². The summed E-state index contributed by atoms with van der Waals surface area (Å²) in [7, 11) is -4.09. The Balaban J connectivity index is 1.69. The first-order valence-electron chi connectivity index (χ1n) is 8.68. The summed E-state index contributed by atoms with van der Waals surface area (Å²) in [4.78, 5) is 39.0. The maximum absolute atomic E-state index is 13.1. The topological polar surface area (TPSA) is 104 Å². The molecule has 0 bridgehead atoms. The first-order valence-corrected chi connectivity index (χ1v) is 10.1. The zero-order valence-electron chi connectivity index (χ0n) is 15.0. The molecule has 0 aromatic heterocycles. The highest BCUT2D eigenvalue weighted by molar-refractivity contribution is 7.90. The molecule has 4 rings (SSSR count). The molecule has 2 aliphatic rings. The van der Waals surface area contributed by atoms with Gasteiger partial charge in [0.15, 0.2) is 0 Å². The second-order valence-corrected chi connectivity index (χ2v) is 8.53. The minimum atomic E-state index is -4.09. The summed E-state index contributed by atoms with van der Waals surface area (Å²) in [6.07, 6.45) is 0.0569. The normalized spacial score (nSPS) is 20.2.